The van der Waals surface area contributed by atoms with Crippen molar-refractivity contribution in [3.05, 3.63) is 0 Å². The molecule has 1 aliphatic heterocycles. The van der Waals surface area contributed by atoms with E-state index in [1.54, 1.807) is 0 Å². The van der Waals surface area contributed by atoms with Crippen LogP contribution in [-0.4, -0.2) is 11.0 Å². The summed E-state index contributed by atoms with van der Waals surface area (Å²) in [6, 6.07) is 0. The zero-order valence-corrected chi connectivity index (χ0v) is 6.41. The summed E-state index contributed by atoms with van der Waals surface area (Å²) in [5.74, 6) is 4.04. The third kappa shape index (κ3) is 2.32. The molecule has 1 rings (SSSR count). The van der Waals surface area contributed by atoms with Crippen molar-refractivity contribution >= 4 is 11.8 Å². The van der Waals surface area contributed by atoms with Gasteiger partial charge in [-0.05, 0) is 18.6 Å². The average molecular weight is 140 g/mol. The molecule has 9 heavy (non-hydrogen) atoms. The minimum Gasteiger partial charge on any atom is -0.158 e. The first-order chi connectivity index (χ1) is 4.43. The fourth-order valence-corrected chi connectivity index (χ4v) is 2.35. The molecular weight excluding hydrogens is 128 g/mol. The van der Waals surface area contributed by atoms with E-state index in [9.17, 15) is 0 Å². The van der Waals surface area contributed by atoms with Gasteiger partial charge in [0.2, 0.25) is 0 Å². The Labute approximate surface area is 61.4 Å². The summed E-state index contributed by atoms with van der Waals surface area (Å²) >= 11 is 2.05. The van der Waals surface area contributed by atoms with Crippen LogP contribution in [0.4, 0.5) is 0 Å². The molecule has 1 saturated heterocycles. The maximum atomic E-state index is 5.20. The number of hydrogen-bond acceptors (Lipinski definition) is 1. The Balaban J connectivity index is 2.17. The second-order valence-corrected chi connectivity index (χ2v) is 3.81. The van der Waals surface area contributed by atoms with E-state index in [-0.39, 0.29) is 0 Å². The SMILES string of the molecule is C#CCC1CCCCS1. The average Bonchev–Trinajstić information content (AvgIpc) is 1.91. The molecule has 0 amide bonds. The summed E-state index contributed by atoms with van der Waals surface area (Å²) in [5, 5.41) is 0.781. The molecule has 0 spiro atoms. The van der Waals surface area contributed by atoms with Crippen LogP contribution in [0.15, 0.2) is 0 Å². The summed E-state index contributed by atoms with van der Waals surface area (Å²) < 4.78 is 0. The number of rotatable bonds is 1. The highest BCUT2D eigenvalue weighted by Gasteiger charge is 2.11. The predicted molar refractivity (Wildman–Crippen MR) is 43.5 cm³/mol. The molecule has 0 aromatic carbocycles. The lowest BCUT2D eigenvalue weighted by Crippen LogP contribution is -2.07. The molecule has 0 bridgehead atoms. The summed E-state index contributed by atoms with van der Waals surface area (Å²) in [7, 11) is 0. The Morgan fingerprint density at radius 3 is 3.00 bits per heavy atom. The second-order valence-electron chi connectivity index (χ2n) is 2.40. The quantitative estimate of drug-likeness (QED) is 0.504. The van der Waals surface area contributed by atoms with Crippen LogP contribution < -0.4 is 0 Å². The predicted octanol–water partition coefficient (Wildman–Crippen LogP) is 2.30. The summed E-state index contributed by atoms with van der Waals surface area (Å²) in [5.41, 5.74) is 0. The van der Waals surface area contributed by atoms with E-state index in [4.69, 9.17) is 6.42 Å². The van der Waals surface area contributed by atoms with Crippen molar-refractivity contribution in [3.63, 3.8) is 0 Å². The van der Waals surface area contributed by atoms with Crippen molar-refractivity contribution in [2.75, 3.05) is 5.75 Å². The summed E-state index contributed by atoms with van der Waals surface area (Å²) in [6.45, 7) is 0. The first-order valence-electron chi connectivity index (χ1n) is 3.48. The second kappa shape index (κ2) is 3.85. The van der Waals surface area contributed by atoms with E-state index in [0.29, 0.717) is 0 Å². The maximum absolute atomic E-state index is 5.20. The lowest BCUT2D eigenvalue weighted by atomic mass is 10.1. The molecule has 0 aliphatic carbocycles. The lowest BCUT2D eigenvalue weighted by Gasteiger charge is -2.18. The molecule has 1 heterocycles. The minimum atomic E-state index is 0.781. The smallest absolute Gasteiger partial charge is 0.0205 e. The van der Waals surface area contributed by atoms with Crippen LogP contribution in [-0.2, 0) is 0 Å². The van der Waals surface area contributed by atoms with Crippen molar-refractivity contribution in [1.82, 2.24) is 0 Å². The van der Waals surface area contributed by atoms with Crippen molar-refractivity contribution < 1.29 is 0 Å². The minimum absolute atomic E-state index is 0.781. The van der Waals surface area contributed by atoms with Crippen molar-refractivity contribution in [3.8, 4) is 12.3 Å². The molecule has 0 saturated carbocycles. The first-order valence-corrected chi connectivity index (χ1v) is 4.53. The van der Waals surface area contributed by atoms with Crippen LogP contribution >= 0.6 is 11.8 Å². The van der Waals surface area contributed by atoms with Gasteiger partial charge in [-0.15, -0.1) is 12.3 Å². The molecule has 1 aliphatic rings. The standard InChI is InChI=1S/C8H12S/c1-2-5-8-6-3-4-7-9-8/h1,8H,3-7H2. The molecule has 0 N–H and O–H groups in total. The van der Waals surface area contributed by atoms with Gasteiger partial charge in [0.05, 0.1) is 0 Å². The van der Waals surface area contributed by atoms with Gasteiger partial charge in [0, 0.05) is 11.7 Å². The van der Waals surface area contributed by atoms with E-state index >= 15 is 0 Å². The van der Waals surface area contributed by atoms with Crippen LogP contribution in [0.1, 0.15) is 25.7 Å². The van der Waals surface area contributed by atoms with Gasteiger partial charge in [-0.3, -0.25) is 0 Å². The molecule has 1 fully saturated rings. The van der Waals surface area contributed by atoms with Gasteiger partial charge in [0.1, 0.15) is 0 Å². The highest BCUT2D eigenvalue weighted by atomic mass is 32.2. The van der Waals surface area contributed by atoms with E-state index in [2.05, 4.69) is 5.92 Å². The molecule has 50 valence electrons. The molecule has 0 aromatic heterocycles. The van der Waals surface area contributed by atoms with Crippen molar-refractivity contribution in [2.24, 2.45) is 0 Å². The highest BCUT2D eigenvalue weighted by Crippen LogP contribution is 2.26. The van der Waals surface area contributed by atoms with Crippen molar-refractivity contribution in [2.45, 2.75) is 30.9 Å². The topological polar surface area (TPSA) is 0 Å². The Morgan fingerprint density at radius 1 is 1.56 bits per heavy atom. The van der Waals surface area contributed by atoms with E-state index < -0.39 is 0 Å². The lowest BCUT2D eigenvalue weighted by molar-refractivity contribution is 0.672. The van der Waals surface area contributed by atoms with Crippen LogP contribution in [0, 0.1) is 12.3 Å². The van der Waals surface area contributed by atoms with Crippen LogP contribution in [0.5, 0.6) is 0 Å². The van der Waals surface area contributed by atoms with Gasteiger partial charge in [0.15, 0.2) is 0 Å². The van der Waals surface area contributed by atoms with Crippen LogP contribution in [0.25, 0.3) is 0 Å². The maximum Gasteiger partial charge on any atom is 0.0205 e. The van der Waals surface area contributed by atoms with Crippen molar-refractivity contribution in [1.29, 1.82) is 0 Å². The molecule has 1 unspecified atom stereocenters. The Bertz CT molecular complexity index is 106. The number of terminal acetylenes is 1. The zero-order chi connectivity index (χ0) is 6.53. The normalized spacial score (nSPS) is 27.2. The zero-order valence-electron chi connectivity index (χ0n) is 5.60. The first kappa shape index (κ1) is 7.02. The van der Waals surface area contributed by atoms with E-state index in [1.807, 2.05) is 11.8 Å². The Hall–Kier alpha value is -0.0900. The van der Waals surface area contributed by atoms with Gasteiger partial charge in [-0.2, -0.15) is 11.8 Å². The molecular formula is C8H12S. The van der Waals surface area contributed by atoms with E-state index in [1.165, 1.54) is 25.0 Å². The molecule has 1 atom stereocenters. The Kier molecular flexibility index (Phi) is 3.00. The van der Waals surface area contributed by atoms with Gasteiger partial charge in [-0.25, -0.2) is 0 Å². The fourth-order valence-electron chi connectivity index (χ4n) is 1.10. The highest BCUT2D eigenvalue weighted by molar-refractivity contribution is 7.99. The number of hydrogen-bond donors (Lipinski definition) is 0. The fraction of sp³-hybridized carbons (Fsp3) is 0.750. The molecule has 0 radical (unpaired) electrons. The summed E-state index contributed by atoms with van der Waals surface area (Å²) in [6.07, 6.45) is 10.3. The van der Waals surface area contributed by atoms with E-state index in [0.717, 1.165) is 11.7 Å². The monoisotopic (exact) mass is 140 g/mol. The molecule has 1 heteroatoms. The Morgan fingerprint density at radius 2 is 2.44 bits per heavy atom. The van der Waals surface area contributed by atoms with Crippen LogP contribution in [0.2, 0.25) is 0 Å². The molecule has 0 aromatic rings. The van der Waals surface area contributed by atoms with Gasteiger partial charge < -0.3 is 0 Å². The van der Waals surface area contributed by atoms with Gasteiger partial charge in [-0.1, -0.05) is 6.42 Å². The largest absolute Gasteiger partial charge is 0.158 e. The third-order valence-electron chi connectivity index (χ3n) is 1.62. The summed E-state index contributed by atoms with van der Waals surface area (Å²) in [4.78, 5) is 0. The van der Waals surface area contributed by atoms with Gasteiger partial charge in [0.25, 0.3) is 0 Å². The number of thioether (sulfide) groups is 1. The molecule has 0 nitrogen and oxygen atoms in total. The van der Waals surface area contributed by atoms with Crippen LogP contribution in [0.3, 0.4) is 0 Å². The third-order valence-corrected chi connectivity index (χ3v) is 3.02. The van der Waals surface area contributed by atoms with Gasteiger partial charge >= 0.3 is 0 Å².